The van der Waals surface area contributed by atoms with Crippen molar-refractivity contribution in [3.05, 3.63) is 65.0 Å². The largest absolute Gasteiger partial charge is 0.339 e. The summed E-state index contributed by atoms with van der Waals surface area (Å²) in [5.41, 5.74) is 2.72. The fraction of sp³-hybridized carbons (Fsp3) is 0.286. The highest BCUT2D eigenvalue weighted by Gasteiger charge is 2.28. The van der Waals surface area contributed by atoms with E-state index in [0.29, 0.717) is 29.8 Å². The molecule has 1 aromatic heterocycles. The molecular weight excluding hydrogens is 376 g/mol. The number of likely N-dealkylation sites (tertiary alicyclic amines) is 1. The molecule has 1 atom stereocenters. The van der Waals surface area contributed by atoms with Crippen molar-refractivity contribution in [2.24, 2.45) is 0 Å². The third-order valence-corrected chi connectivity index (χ3v) is 5.09. The van der Waals surface area contributed by atoms with Gasteiger partial charge in [0.05, 0.1) is 5.92 Å². The van der Waals surface area contributed by atoms with Crippen LogP contribution in [0.5, 0.6) is 0 Å². The number of hydrogen-bond acceptors (Lipinski definition) is 4. The van der Waals surface area contributed by atoms with Gasteiger partial charge in [0.2, 0.25) is 11.7 Å². The summed E-state index contributed by atoms with van der Waals surface area (Å²) in [7, 11) is 0. The monoisotopic (exact) mass is 396 g/mol. The van der Waals surface area contributed by atoms with Crippen LogP contribution in [0.2, 0.25) is 5.02 Å². The van der Waals surface area contributed by atoms with Crippen molar-refractivity contribution in [1.82, 2.24) is 15.0 Å². The number of nitrogens with one attached hydrogen (secondary N) is 1. The van der Waals surface area contributed by atoms with Gasteiger partial charge in [0.1, 0.15) is 0 Å². The lowest BCUT2D eigenvalue weighted by atomic mass is 9.98. The van der Waals surface area contributed by atoms with Crippen LogP contribution in [0.3, 0.4) is 0 Å². The first-order valence-electron chi connectivity index (χ1n) is 9.30. The van der Waals surface area contributed by atoms with E-state index in [2.05, 4.69) is 15.5 Å². The van der Waals surface area contributed by atoms with Gasteiger partial charge in [-0.05, 0) is 49.6 Å². The van der Waals surface area contributed by atoms with Crippen molar-refractivity contribution in [2.45, 2.75) is 25.7 Å². The average Bonchev–Trinajstić information content (AvgIpc) is 3.18. The lowest BCUT2D eigenvalue weighted by Crippen LogP contribution is -2.41. The van der Waals surface area contributed by atoms with E-state index in [0.717, 1.165) is 29.7 Å². The number of amides is 2. The molecule has 3 aromatic rings. The van der Waals surface area contributed by atoms with Crippen molar-refractivity contribution in [1.29, 1.82) is 0 Å². The van der Waals surface area contributed by atoms with Gasteiger partial charge in [-0.2, -0.15) is 4.98 Å². The van der Waals surface area contributed by atoms with Gasteiger partial charge >= 0.3 is 6.03 Å². The topological polar surface area (TPSA) is 71.3 Å². The van der Waals surface area contributed by atoms with Crippen molar-refractivity contribution in [3.8, 4) is 11.4 Å². The first kappa shape index (κ1) is 18.5. The van der Waals surface area contributed by atoms with E-state index in [9.17, 15) is 4.79 Å². The van der Waals surface area contributed by atoms with Crippen LogP contribution in [0.4, 0.5) is 10.5 Å². The quantitative estimate of drug-likeness (QED) is 0.667. The molecule has 2 heterocycles. The summed E-state index contributed by atoms with van der Waals surface area (Å²) in [6.45, 7) is 3.26. The van der Waals surface area contributed by atoms with Crippen molar-refractivity contribution in [2.75, 3.05) is 18.4 Å². The number of hydrogen-bond donors (Lipinski definition) is 1. The minimum atomic E-state index is -0.107. The molecule has 4 rings (SSSR count). The SMILES string of the molecule is Cc1cccc(NC(=O)N2CCCC(c3nc(-c4cccc(Cl)c4)no3)C2)c1. The Morgan fingerprint density at radius 3 is 2.93 bits per heavy atom. The average molecular weight is 397 g/mol. The number of aromatic nitrogens is 2. The number of anilines is 1. The molecule has 2 aromatic carbocycles. The van der Waals surface area contributed by atoms with Crippen LogP contribution in [0.15, 0.2) is 53.1 Å². The van der Waals surface area contributed by atoms with Gasteiger partial charge in [-0.25, -0.2) is 4.79 Å². The molecule has 2 amide bonds. The molecule has 1 unspecified atom stereocenters. The number of carbonyl (C=O) groups is 1. The van der Waals surface area contributed by atoms with Gasteiger partial charge in [0.25, 0.3) is 0 Å². The molecule has 0 saturated carbocycles. The lowest BCUT2D eigenvalue weighted by Gasteiger charge is -2.31. The maximum atomic E-state index is 12.7. The second-order valence-electron chi connectivity index (χ2n) is 7.05. The molecule has 1 fully saturated rings. The Bertz CT molecular complexity index is 988. The van der Waals surface area contributed by atoms with Crippen molar-refractivity contribution < 1.29 is 9.32 Å². The number of benzene rings is 2. The van der Waals surface area contributed by atoms with Crippen LogP contribution in [0, 0.1) is 6.92 Å². The summed E-state index contributed by atoms with van der Waals surface area (Å²) in [4.78, 5) is 19.0. The number of piperidine rings is 1. The van der Waals surface area contributed by atoms with E-state index in [1.807, 2.05) is 43.3 Å². The van der Waals surface area contributed by atoms with Crippen LogP contribution in [0.25, 0.3) is 11.4 Å². The van der Waals surface area contributed by atoms with Crippen LogP contribution in [-0.2, 0) is 0 Å². The molecule has 0 aliphatic carbocycles. The van der Waals surface area contributed by atoms with Gasteiger partial charge in [-0.15, -0.1) is 0 Å². The standard InChI is InChI=1S/C21H21ClN4O2/c1-14-5-2-9-18(11-14)23-21(27)26-10-4-7-16(13-26)20-24-19(25-28-20)15-6-3-8-17(22)12-15/h2-3,5-6,8-9,11-12,16H,4,7,10,13H2,1H3,(H,23,27). The highest BCUT2D eigenvalue weighted by molar-refractivity contribution is 6.30. The zero-order valence-corrected chi connectivity index (χ0v) is 16.3. The molecule has 144 valence electrons. The Labute approximate surface area is 168 Å². The Balaban J connectivity index is 1.44. The minimum Gasteiger partial charge on any atom is -0.339 e. The highest BCUT2D eigenvalue weighted by atomic mass is 35.5. The number of halogens is 1. The smallest absolute Gasteiger partial charge is 0.321 e. The molecule has 1 aliphatic heterocycles. The summed E-state index contributed by atoms with van der Waals surface area (Å²) in [5, 5.41) is 7.68. The Hall–Kier alpha value is -2.86. The summed E-state index contributed by atoms with van der Waals surface area (Å²) >= 11 is 6.04. The van der Waals surface area contributed by atoms with Crippen molar-refractivity contribution in [3.63, 3.8) is 0 Å². The summed E-state index contributed by atoms with van der Waals surface area (Å²) in [5.74, 6) is 1.10. The number of carbonyl (C=O) groups excluding carboxylic acids is 1. The van der Waals surface area contributed by atoms with E-state index < -0.39 is 0 Å². The van der Waals surface area contributed by atoms with Crippen LogP contribution >= 0.6 is 11.6 Å². The number of aryl methyl sites for hydroxylation is 1. The van der Waals surface area contributed by atoms with E-state index >= 15 is 0 Å². The fourth-order valence-electron chi connectivity index (χ4n) is 3.43. The molecule has 7 heteroatoms. The maximum Gasteiger partial charge on any atom is 0.321 e. The molecule has 0 spiro atoms. The maximum absolute atomic E-state index is 12.7. The molecule has 1 N–H and O–H groups in total. The second kappa shape index (κ2) is 8.02. The Morgan fingerprint density at radius 1 is 1.25 bits per heavy atom. The predicted molar refractivity (Wildman–Crippen MR) is 108 cm³/mol. The van der Waals surface area contributed by atoms with Crippen LogP contribution in [-0.4, -0.2) is 34.2 Å². The zero-order chi connectivity index (χ0) is 19.5. The molecule has 0 bridgehead atoms. The third kappa shape index (κ3) is 4.17. The first-order chi connectivity index (χ1) is 13.6. The summed E-state index contributed by atoms with van der Waals surface area (Å²) < 4.78 is 5.50. The molecular formula is C21H21ClN4O2. The summed E-state index contributed by atoms with van der Waals surface area (Å²) in [6.07, 6.45) is 1.80. The normalized spacial score (nSPS) is 16.8. The fourth-order valence-corrected chi connectivity index (χ4v) is 3.62. The lowest BCUT2D eigenvalue weighted by molar-refractivity contribution is 0.184. The number of urea groups is 1. The molecule has 0 radical (unpaired) electrons. The van der Waals surface area contributed by atoms with Gasteiger partial charge in [-0.3, -0.25) is 0 Å². The Morgan fingerprint density at radius 2 is 2.11 bits per heavy atom. The van der Waals surface area contributed by atoms with Gasteiger partial charge in [-0.1, -0.05) is 41.0 Å². The van der Waals surface area contributed by atoms with E-state index in [1.165, 1.54) is 0 Å². The first-order valence-corrected chi connectivity index (χ1v) is 9.68. The number of nitrogens with zero attached hydrogens (tertiary/aromatic N) is 3. The van der Waals surface area contributed by atoms with Gasteiger partial charge in [0.15, 0.2) is 0 Å². The zero-order valence-electron chi connectivity index (χ0n) is 15.6. The van der Waals surface area contributed by atoms with E-state index in [-0.39, 0.29) is 11.9 Å². The minimum absolute atomic E-state index is 0.0254. The van der Waals surface area contributed by atoms with E-state index in [4.69, 9.17) is 16.1 Å². The number of rotatable bonds is 3. The summed E-state index contributed by atoms with van der Waals surface area (Å²) in [6, 6.07) is 15.0. The van der Waals surface area contributed by atoms with Gasteiger partial charge < -0.3 is 14.7 Å². The van der Waals surface area contributed by atoms with Crippen LogP contribution < -0.4 is 5.32 Å². The third-order valence-electron chi connectivity index (χ3n) is 4.85. The highest BCUT2D eigenvalue weighted by Crippen LogP contribution is 2.28. The van der Waals surface area contributed by atoms with Gasteiger partial charge in [0, 0.05) is 29.4 Å². The molecule has 6 nitrogen and oxygen atoms in total. The van der Waals surface area contributed by atoms with E-state index in [1.54, 1.807) is 17.0 Å². The molecule has 1 saturated heterocycles. The Kier molecular flexibility index (Phi) is 5.30. The molecule has 1 aliphatic rings. The van der Waals surface area contributed by atoms with Crippen molar-refractivity contribution >= 4 is 23.3 Å². The molecule has 28 heavy (non-hydrogen) atoms. The predicted octanol–water partition coefficient (Wildman–Crippen LogP) is 5.11. The van der Waals surface area contributed by atoms with Crippen LogP contribution in [0.1, 0.15) is 30.2 Å². The second-order valence-corrected chi connectivity index (χ2v) is 7.49.